The fraction of sp³-hybridized carbons (Fsp3) is 0.560. The van der Waals surface area contributed by atoms with Crippen LogP contribution in [-0.2, 0) is 24.1 Å². The number of carbonyl (C=O) groups excluding carboxylic acids is 1. The van der Waals surface area contributed by atoms with Gasteiger partial charge in [-0.15, -0.1) is 0 Å². The quantitative estimate of drug-likeness (QED) is 0.675. The van der Waals surface area contributed by atoms with Crippen LogP contribution in [0.3, 0.4) is 0 Å². The van der Waals surface area contributed by atoms with Crippen molar-refractivity contribution in [1.82, 2.24) is 25.1 Å². The lowest BCUT2D eigenvalue weighted by Gasteiger charge is -2.30. The summed E-state index contributed by atoms with van der Waals surface area (Å²) < 4.78 is 25.0. The van der Waals surface area contributed by atoms with Crippen molar-refractivity contribution in [3.05, 3.63) is 52.3 Å². The van der Waals surface area contributed by atoms with E-state index in [1.54, 1.807) is 11.0 Å². The maximum Gasteiger partial charge on any atom is 0.318 e. The van der Waals surface area contributed by atoms with Crippen molar-refractivity contribution in [3.63, 3.8) is 0 Å². The summed E-state index contributed by atoms with van der Waals surface area (Å²) in [4.78, 5) is 26.5. The Morgan fingerprint density at radius 1 is 1.31 bits per heavy atom. The van der Waals surface area contributed by atoms with Crippen molar-refractivity contribution >= 4 is 17.6 Å². The van der Waals surface area contributed by atoms with E-state index in [9.17, 15) is 9.18 Å². The van der Waals surface area contributed by atoms with E-state index in [1.807, 2.05) is 13.2 Å². The number of carbonyl (C=O) groups is 1. The van der Waals surface area contributed by atoms with Gasteiger partial charge in [-0.25, -0.2) is 19.2 Å². The summed E-state index contributed by atoms with van der Waals surface area (Å²) in [6, 6.07) is 3.97. The number of urea groups is 1. The largest absolute Gasteiger partial charge is 0.487 e. The number of aromatic nitrogens is 2. The van der Waals surface area contributed by atoms with Crippen molar-refractivity contribution in [2.75, 3.05) is 39.9 Å². The molecule has 1 aromatic carbocycles. The molecule has 0 spiro atoms. The molecule has 5 rings (SSSR count). The molecule has 1 N–H and O–H groups in total. The second-order valence-corrected chi connectivity index (χ2v) is 10.1. The fourth-order valence-electron chi connectivity index (χ4n) is 5.02. The Kier molecular flexibility index (Phi) is 7.36. The standard InChI is InChI=1S/C25H31ClFN5O3/c1-31-13-22(23(15-31)35-18-2-3-20(27)19(26)11-18)30-25(33)32-7-4-17-12-28-24(29-21(17)14-32)10-16-5-8-34-9-6-16/h2-3,11-12,16,22-23H,4-10,13-15H2,1H3,(H,30,33)/t22-,23+/m1/s1. The minimum absolute atomic E-state index is 0.0135. The van der Waals surface area contributed by atoms with Gasteiger partial charge in [-0.1, -0.05) is 11.6 Å². The zero-order valence-corrected chi connectivity index (χ0v) is 20.6. The Morgan fingerprint density at radius 3 is 2.94 bits per heavy atom. The first kappa shape index (κ1) is 24.2. The van der Waals surface area contributed by atoms with Gasteiger partial charge in [0.25, 0.3) is 0 Å². The topological polar surface area (TPSA) is 79.8 Å². The van der Waals surface area contributed by atoms with Gasteiger partial charge in [-0.3, -0.25) is 0 Å². The van der Waals surface area contributed by atoms with Crippen LogP contribution in [0.25, 0.3) is 0 Å². The summed E-state index contributed by atoms with van der Waals surface area (Å²) in [5, 5.41) is 3.16. The Labute approximate surface area is 209 Å². The maximum atomic E-state index is 13.5. The molecule has 8 nitrogen and oxygen atoms in total. The van der Waals surface area contributed by atoms with Crippen LogP contribution in [-0.4, -0.2) is 77.8 Å². The van der Waals surface area contributed by atoms with E-state index in [2.05, 4.69) is 15.2 Å². The summed E-state index contributed by atoms with van der Waals surface area (Å²) in [5.41, 5.74) is 2.04. The Bertz CT molecular complexity index is 1070. The van der Waals surface area contributed by atoms with Gasteiger partial charge in [0.2, 0.25) is 0 Å². The molecule has 0 bridgehead atoms. The minimum atomic E-state index is -0.488. The number of nitrogens with one attached hydrogen (secondary N) is 1. The number of rotatable bonds is 5. The molecule has 3 aliphatic rings. The monoisotopic (exact) mass is 503 g/mol. The van der Waals surface area contributed by atoms with E-state index >= 15 is 0 Å². The van der Waals surface area contributed by atoms with Gasteiger partial charge < -0.3 is 24.6 Å². The number of nitrogens with zero attached hydrogens (tertiary/aromatic N) is 4. The lowest BCUT2D eigenvalue weighted by Crippen LogP contribution is -2.51. The molecule has 2 amide bonds. The van der Waals surface area contributed by atoms with Crippen molar-refractivity contribution in [3.8, 4) is 5.75 Å². The van der Waals surface area contributed by atoms with Crippen molar-refractivity contribution < 1.29 is 18.7 Å². The van der Waals surface area contributed by atoms with Crippen LogP contribution in [0.2, 0.25) is 5.02 Å². The first-order chi connectivity index (χ1) is 16.9. The van der Waals surface area contributed by atoms with Crippen LogP contribution >= 0.6 is 11.6 Å². The number of likely N-dealkylation sites (tertiary alicyclic amines) is 1. The number of fused-ring (bicyclic) bond motifs is 1. The molecule has 4 heterocycles. The van der Waals surface area contributed by atoms with E-state index in [0.717, 1.165) is 56.0 Å². The first-order valence-electron chi connectivity index (χ1n) is 12.2. The van der Waals surface area contributed by atoms with E-state index in [-0.39, 0.29) is 23.2 Å². The van der Waals surface area contributed by atoms with Gasteiger partial charge in [-0.05, 0) is 49.9 Å². The summed E-state index contributed by atoms with van der Waals surface area (Å²) >= 11 is 5.90. The highest BCUT2D eigenvalue weighted by Crippen LogP contribution is 2.25. The van der Waals surface area contributed by atoms with Crippen molar-refractivity contribution in [2.24, 2.45) is 5.92 Å². The predicted octanol–water partition coefficient (Wildman–Crippen LogP) is 3.07. The number of hydrogen-bond donors (Lipinski definition) is 1. The molecule has 2 atom stereocenters. The second kappa shape index (κ2) is 10.6. The van der Waals surface area contributed by atoms with E-state index in [4.69, 9.17) is 26.1 Å². The van der Waals surface area contributed by atoms with Crippen LogP contribution in [0.4, 0.5) is 9.18 Å². The van der Waals surface area contributed by atoms with Crippen LogP contribution < -0.4 is 10.1 Å². The summed E-state index contributed by atoms with van der Waals surface area (Å²) in [7, 11) is 1.98. The highest BCUT2D eigenvalue weighted by molar-refractivity contribution is 6.30. The van der Waals surface area contributed by atoms with Crippen LogP contribution in [0.15, 0.2) is 24.4 Å². The van der Waals surface area contributed by atoms with Crippen molar-refractivity contribution in [1.29, 1.82) is 0 Å². The van der Waals surface area contributed by atoms with Gasteiger partial charge in [0.1, 0.15) is 23.5 Å². The molecule has 0 saturated carbocycles. The number of likely N-dealkylation sites (N-methyl/N-ethyl adjacent to an activating group) is 1. The second-order valence-electron chi connectivity index (χ2n) is 9.70. The molecule has 2 fully saturated rings. The highest BCUT2D eigenvalue weighted by atomic mass is 35.5. The third-order valence-electron chi connectivity index (χ3n) is 7.03. The normalized spacial score (nSPS) is 23.2. The van der Waals surface area contributed by atoms with Gasteiger partial charge >= 0.3 is 6.03 Å². The zero-order valence-electron chi connectivity index (χ0n) is 19.9. The molecule has 3 aliphatic heterocycles. The molecule has 0 unspecified atom stereocenters. The van der Waals surface area contributed by atoms with Crippen LogP contribution in [0, 0.1) is 11.7 Å². The minimum Gasteiger partial charge on any atom is -0.487 e. The summed E-state index contributed by atoms with van der Waals surface area (Å²) in [6.07, 6.45) is 5.32. The van der Waals surface area contributed by atoms with Crippen LogP contribution in [0.1, 0.15) is 29.9 Å². The van der Waals surface area contributed by atoms with Crippen molar-refractivity contribution in [2.45, 2.75) is 44.4 Å². The number of amides is 2. The third-order valence-corrected chi connectivity index (χ3v) is 7.32. The zero-order chi connectivity index (χ0) is 24.4. The van der Waals surface area contributed by atoms with E-state index in [1.165, 1.54) is 12.1 Å². The third kappa shape index (κ3) is 5.85. The fourth-order valence-corrected chi connectivity index (χ4v) is 5.19. The molecule has 0 aliphatic carbocycles. The number of benzene rings is 1. The molecule has 10 heteroatoms. The lowest BCUT2D eigenvalue weighted by atomic mass is 9.96. The van der Waals surface area contributed by atoms with Crippen LogP contribution in [0.5, 0.6) is 5.75 Å². The first-order valence-corrected chi connectivity index (χ1v) is 12.6. The predicted molar refractivity (Wildman–Crippen MR) is 129 cm³/mol. The Morgan fingerprint density at radius 2 is 2.14 bits per heavy atom. The van der Waals surface area contributed by atoms with E-state index in [0.29, 0.717) is 37.8 Å². The average Bonchev–Trinajstić information content (AvgIpc) is 3.19. The Hall–Kier alpha value is -2.49. The van der Waals surface area contributed by atoms with E-state index < -0.39 is 5.82 Å². The highest BCUT2D eigenvalue weighted by Gasteiger charge is 2.35. The summed E-state index contributed by atoms with van der Waals surface area (Å²) in [6.45, 7) is 3.99. The molecule has 188 valence electrons. The Balaban J connectivity index is 1.21. The van der Waals surface area contributed by atoms with Gasteiger partial charge in [0, 0.05) is 51.5 Å². The molecule has 2 saturated heterocycles. The SMILES string of the molecule is CN1C[C@H](Oc2ccc(F)c(Cl)c2)[C@H](NC(=O)N2CCc3cnc(CC4CCOCC4)nc3C2)C1. The van der Waals surface area contributed by atoms with Gasteiger partial charge in [0.05, 0.1) is 23.3 Å². The number of halogens is 2. The van der Waals surface area contributed by atoms with Gasteiger partial charge in [-0.2, -0.15) is 0 Å². The molecular weight excluding hydrogens is 473 g/mol. The molecule has 2 aromatic rings. The van der Waals surface area contributed by atoms with Gasteiger partial charge in [0.15, 0.2) is 0 Å². The summed E-state index contributed by atoms with van der Waals surface area (Å²) in [5.74, 6) is 1.40. The molecular formula is C25H31ClFN5O3. The molecule has 1 aromatic heterocycles. The average molecular weight is 504 g/mol. The maximum absolute atomic E-state index is 13.5. The number of hydrogen-bond acceptors (Lipinski definition) is 6. The molecule has 35 heavy (non-hydrogen) atoms. The smallest absolute Gasteiger partial charge is 0.318 e. The number of ether oxygens (including phenoxy) is 2. The lowest BCUT2D eigenvalue weighted by molar-refractivity contribution is 0.0659. The molecule has 0 radical (unpaired) electrons.